The summed E-state index contributed by atoms with van der Waals surface area (Å²) in [7, 11) is 0. The normalized spacial score (nSPS) is 17.9. The molecule has 3 rings (SSSR count). The summed E-state index contributed by atoms with van der Waals surface area (Å²) < 4.78 is 62.3. The Morgan fingerprint density at radius 2 is 1.97 bits per heavy atom. The molecule has 1 unspecified atom stereocenters. The van der Waals surface area contributed by atoms with Crippen LogP contribution in [-0.2, 0) is 10.9 Å². The molecule has 1 aromatic carbocycles. The molecular weight excluding hydrogens is 408 g/mol. The van der Waals surface area contributed by atoms with Gasteiger partial charge in [0.25, 0.3) is 0 Å². The first-order valence-electron chi connectivity index (χ1n) is 9.39. The molecular formula is C19H22F4N4O3. The second-order valence-corrected chi connectivity index (χ2v) is 6.76. The zero-order valence-electron chi connectivity index (χ0n) is 16.2. The van der Waals surface area contributed by atoms with Crippen LogP contribution in [0.3, 0.4) is 0 Å². The Balaban J connectivity index is 1.64. The van der Waals surface area contributed by atoms with Gasteiger partial charge >= 0.3 is 6.18 Å². The lowest BCUT2D eigenvalue weighted by atomic mass is 10.2. The van der Waals surface area contributed by atoms with E-state index in [1.54, 1.807) is 6.07 Å². The third kappa shape index (κ3) is 6.00. The second kappa shape index (κ2) is 9.54. The highest BCUT2D eigenvalue weighted by molar-refractivity contribution is 5.53. The van der Waals surface area contributed by atoms with Crippen LogP contribution in [0, 0.1) is 5.82 Å². The zero-order valence-corrected chi connectivity index (χ0v) is 16.2. The Labute approximate surface area is 170 Å². The van der Waals surface area contributed by atoms with E-state index >= 15 is 0 Å². The van der Waals surface area contributed by atoms with E-state index in [0.717, 1.165) is 24.9 Å². The van der Waals surface area contributed by atoms with Crippen molar-refractivity contribution in [2.24, 2.45) is 0 Å². The molecule has 2 aromatic rings. The summed E-state index contributed by atoms with van der Waals surface area (Å²) in [4.78, 5) is 8.36. The van der Waals surface area contributed by atoms with Crippen LogP contribution in [0.25, 0.3) is 0 Å². The number of halogens is 4. The molecule has 1 fully saturated rings. The number of hydrogen-bond donors (Lipinski definition) is 2. The Morgan fingerprint density at radius 3 is 2.63 bits per heavy atom. The van der Waals surface area contributed by atoms with Crippen molar-refractivity contribution in [1.82, 2.24) is 15.3 Å². The number of aliphatic hydroxyl groups excluding tert-OH is 1. The van der Waals surface area contributed by atoms with Gasteiger partial charge < -0.3 is 19.5 Å². The minimum atomic E-state index is -4.65. The molecule has 11 heteroatoms. The Kier molecular flexibility index (Phi) is 7.06. The fourth-order valence-corrected chi connectivity index (χ4v) is 3.12. The average molecular weight is 430 g/mol. The van der Waals surface area contributed by atoms with Crippen LogP contribution in [-0.4, -0.2) is 53.6 Å². The number of hydrogen-bond acceptors (Lipinski definition) is 7. The van der Waals surface area contributed by atoms with Crippen molar-refractivity contribution >= 4 is 5.69 Å². The average Bonchev–Trinajstić information content (AvgIpc) is 3.14. The molecule has 7 nitrogen and oxygen atoms in total. The third-order valence-electron chi connectivity index (χ3n) is 4.43. The molecule has 1 aromatic heterocycles. The van der Waals surface area contributed by atoms with Gasteiger partial charge in [0.2, 0.25) is 5.82 Å². The first-order valence-corrected chi connectivity index (χ1v) is 9.39. The summed E-state index contributed by atoms with van der Waals surface area (Å²) in [5, 5.41) is 13.0. The summed E-state index contributed by atoms with van der Waals surface area (Å²) in [6, 6.07) is 4.05. The van der Waals surface area contributed by atoms with Crippen molar-refractivity contribution < 1.29 is 32.1 Å². The van der Waals surface area contributed by atoms with Crippen LogP contribution in [0.2, 0.25) is 0 Å². The minimum absolute atomic E-state index is 0.00333. The van der Waals surface area contributed by atoms with E-state index in [-0.39, 0.29) is 24.1 Å². The van der Waals surface area contributed by atoms with Crippen LogP contribution >= 0.6 is 0 Å². The first kappa shape index (κ1) is 22.2. The lowest BCUT2D eigenvalue weighted by Crippen LogP contribution is -2.42. The highest BCUT2D eigenvalue weighted by atomic mass is 19.4. The highest BCUT2D eigenvalue weighted by Crippen LogP contribution is 2.30. The SMILES string of the molecule is CCOCC(O)N[C@H]1CCN(c2cc(F)cc(Oc3cnc(C(F)(F)F)nc3)c2)C1. The van der Waals surface area contributed by atoms with Crippen LogP contribution in [0.5, 0.6) is 11.5 Å². The van der Waals surface area contributed by atoms with Crippen LogP contribution < -0.4 is 15.0 Å². The molecule has 1 saturated heterocycles. The molecule has 2 heterocycles. The predicted molar refractivity (Wildman–Crippen MR) is 99.8 cm³/mol. The molecule has 0 radical (unpaired) electrons. The number of ether oxygens (including phenoxy) is 2. The molecule has 0 aliphatic carbocycles. The molecule has 0 saturated carbocycles. The molecule has 0 bridgehead atoms. The van der Waals surface area contributed by atoms with Gasteiger partial charge in [0, 0.05) is 43.6 Å². The lowest BCUT2D eigenvalue weighted by molar-refractivity contribution is -0.145. The number of aliphatic hydroxyl groups is 1. The summed E-state index contributed by atoms with van der Waals surface area (Å²) in [5.74, 6) is -1.76. The third-order valence-corrected chi connectivity index (χ3v) is 4.43. The first-order chi connectivity index (χ1) is 14.2. The van der Waals surface area contributed by atoms with Gasteiger partial charge in [-0.15, -0.1) is 0 Å². The number of anilines is 1. The van der Waals surface area contributed by atoms with Crippen molar-refractivity contribution in [1.29, 1.82) is 0 Å². The van der Waals surface area contributed by atoms with E-state index in [0.29, 0.717) is 25.4 Å². The quantitative estimate of drug-likeness (QED) is 0.492. The summed E-state index contributed by atoms with van der Waals surface area (Å²) in [6.07, 6.45) is -2.93. The Morgan fingerprint density at radius 1 is 1.23 bits per heavy atom. The number of nitrogens with one attached hydrogen (secondary N) is 1. The summed E-state index contributed by atoms with van der Waals surface area (Å²) >= 11 is 0. The van der Waals surface area contributed by atoms with Crippen LogP contribution in [0.1, 0.15) is 19.2 Å². The number of rotatable bonds is 8. The second-order valence-electron chi connectivity index (χ2n) is 6.76. The molecule has 2 N–H and O–H groups in total. The van der Waals surface area contributed by atoms with E-state index in [1.807, 2.05) is 11.8 Å². The van der Waals surface area contributed by atoms with Crippen LogP contribution in [0.15, 0.2) is 30.6 Å². The van der Waals surface area contributed by atoms with Gasteiger partial charge in [0.05, 0.1) is 19.0 Å². The Hall–Kier alpha value is -2.50. The van der Waals surface area contributed by atoms with Crippen molar-refractivity contribution in [2.45, 2.75) is 31.8 Å². The Bertz CT molecular complexity index is 836. The van der Waals surface area contributed by atoms with Gasteiger partial charge in [-0.25, -0.2) is 14.4 Å². The van der Waals surface area contributed by atoms with Crippen molar-refractivity contribution in [3.8, 4) is 11.5 Å². The van der Waals surface area contributed by atoms with Crippen molar-refractivity contribution in [3.63, 3.8) is 0 Å². The highest BCUT2D eigenvalue weighted by Gasteiger charge is 2.34. The topological polar surface area (TPSA) is 79.7 Å². The van der Waals surface area contributed by atoms with E-state index < -0.39 is 24.0 Å². The fourth-order valence-electron chi connectivity index (χ4n) is 3.12. The number of aromatic nitrogens is 2. The molecule has 164 valence electrons. The van der Waals surface area contributed by atoms with Gasteiger partial charge in [-0.1, -0.05) is 0 Å². The molecule has 2 atom stereocenters. The molecule has 1 aliphatic heterocycles. The summed E-state index contributed by atoms with van der Waals surface area (Å²) in [6.45, 7) is 3.69. The zero-order chi connectivity index (χ0) is 21.7. The van der Waals surface area contributed by atoms with Gasteiger partial charge in [-0.3, -0.25) is 5.32 Å². The predicted octanol–water partition coefficient (Wildman–Crippen LogP) is 2.95. The smallest absolute Gasteiger partial charge is 0.451 e. The van der Waals surface area contributed by atoms with E-state index in [1.165, 1.54) is 6.07 Å². The molecule has 1 aliphatic rings. The fraction of sp³-hybridized carbons (Fsp3) is 0.474. The number of alkyl halides is 3. The van der Waals surface area contributed by atoms with Gasteiger partial charge in [0.15, 0.2) is 5.75 Å². The lowest BCUT2D eigenvalue weighted by Gasteiger charge is -2.21. The van der Waals surface area contributed by atoms with E-state index in [4.69, 9.17) is 9.47 Å². The number of nitrogens with zero attached hydrogens (tertiary/aromatic N) is 3. The molecule has 0 amide bonds. The maximum Gasteiger partial charge on any atom is 0.451 e. The maximum atomic E-state index is 14.1. The van der Waals surface area contributed by atoms with E-state index in [9.17, 15) is 22.7 Å². The number of benzene rings is 1. The standard InChI is InChI=1S/C19H22F4N4O3/c1-2-29-11-17(28)26-13-3-4-27(10-13)14-5-12(20)6-15(7-14)30-16-8-24-18(25-9-16)19(21,22)23/h5-9,13,17,26,28H,2-4,10-11H2,1H3/t13-,17?/m0/s1. The molecule has 0 spiro atoms. The van der Waals surface area contributed by atoms with Crippen molar-refractivity contribution in [3.05, 3.63) is 42.2 Å². The summed E-state index contributed by atoms with van der Waals surface area (Å²) in [5.41, 5.74) is 0.557. The van der Waals surface area contributed by atoms with E-state index in [2.05, 4.69) is 15.3 Å². The van der Waals surface area contributed by atoms with Gasteiger partial charge in [0.1, 0.15) is 17.8 Å². The minimum Gasteiger partial charge on any atom is -0.454 e. The maximum absolute atomic E-state index is 14.1. The largest absolute Gasteiger partial charge is 0.454 e. The van der Waals surface area contributed by atoms with Gasteiger partial charge in [-0.2, -0.15) is 13.2 Å². The molecule has 30 heavy (non-hydrogen) atoms. The van der Waals surface area contributed by atoms with Crippen molar-refractivity contribution in [2.75, 3.05) is 31.2 Å². The monoisotopic (exact) mass is 430 g/mol. The van der Waals surface area contributed by atoms with Gasteiger partial charge in [-0.05, 0) is 19.4 Å². The van der Waals surface area contributed by atoms with Crippen LogP contribution in [0.4, 0.5) is 23.2 Å².